The van der Waals surface area contributed by atoms with Crippen LogP contribution in [0.5, 0.6) is 0 Å². The van der Waals surface area contributed by atoms with Gasteiger partial charge in [-0.15, -0.1) is 9.24 Å². The summed E-state index contributed by atoms with van der Waals surface area (Å²) in [6.07, 6.45) is 12.3. The van der Waals surface area contributed by atoms with Gasteiger partial charge in [-0.3, -0.25) is 0 Å². The third kappa shape index (κ3) is 7.55. The van der Waals surface area contributed by atoms with Crippen molar-refractivity contribution in [1.29, 1.82) is 0 Å². The van der Waals surface area contributed by atoms with Gasteiger partial charge >= 0.3 is 0 Å². The Hall–Kier alpha value is -0.350. The molecule has 0 bridgehead atoms. The van der Waals surface area contributed by atoms with Crippen LogP contribution in [0.1, 0.15) is 13.3 Å². The van der Waals surface area contributed by atoms with Crippen molar-refractivity contribution in [2.75, 3.05) is 6.16 Å². The largest absolute Gasteiger partial charge is 0.137 e. The molecule has 0 aliphatic rings. The number of allylic oxidation sites excluding steroid dienone is 5. The zero-order valence-corrected chi connectivity index (χ0v) is 8.32. The van der Waals surface area contributed by atoms with E-state index in [1.54, 1.807) is 6.08 Å². The normalized spacial score (nSPS) is 14.4. The second-order valence-corrected chi connectivity index (χ2v) is 3.10. The quantitative estimate of drug-likeness (QED) is 0.437. The summed E-state index contributed by atoms with van der Waals surface area (Å²) in [4.78, 5) is 0. The van der Waals surface area contributed by atoms with Crippen LogP contribution >= 0.6 is 9.24 Å². The first-order valence-corrected chi connectivity index (χ1v) is 4.77. The molecule has 0 aliphatic heterocycles. The van der Waals surface area contributed by atoms with Crippen LogP contribution in [0.2, 0.25) is 0 Å². The lowest BCUT2D eigenvalue weighted by atomic mass is 10.1. The minimum absolute atomic E-state index is 0.772. The van der Waals surface area contributed by atoms with Crippen molar-refractivity contribution >= 4 is 9.24 Å². The maximum atomic E-state index is 3.59. The third-order valence-electron chi connectivity index (χ3n) is 1.44. The predicted molar refractivity (Wildman–Crippen MR) is 56.8 cm³/mol. The number of hydrogen-bond donors (Lipinski definition) is 0. The Bertz CT molecular complexity index is 145. The molecule has 0 rings (SSSR count). The molecule has 0 aromatic rings. The molecule has 2 unspecified atom stereocenters. The van der Waals surface area contributed by atoms with E-state index < -0.39 is 0 Å². The van der Waals surface area contributed by atoms with Gasteiger partial charge in [-0.25, -0.2) is 0 Å². The summed E-state index contributed by atoms with van der Waals surface area (Å²) in [6.45, 7) is 5.83. The van der Waals surface area contributed by atoms with Crippen molar-refractivity contribution in [3.63, 3.8) is 0 Å². The lowest BCUT2D eigenvalue weighted by Gasteiger charge is -2.00. The molecule has 0 nitrogen and oxygen atoms in total. The molecule has 0 saturated carbocycles. The lowest BCUT2D eigenvalue weighted by Crippen LogP contribution is -1.91. The van der Waals surface area contributed by atoms with Crippen LogP contribution in [0.15, 0.2) is 37.0 Å². The van der Waals surface area contributed by atoms with Crippen molar-refractivity contribution < 1.29 is 0 Å². The summed E-state index contributed by atoms with van der Waals surface area (Å²) in [7, 11) is 2.76. The zero-order valence-electron chi connectivity index (χ0n) is 7.16. The van der Waals surface area contributed by atoms with Gasteiger partial charge in [-0.1, -0.05) is 43.9 Å². The van der Waals surface area contributed by atoms with Gasteiger partial charge < -0.3 is 0 Å². The standard InChI is InChI=1S/C10H17P/c1-3-4-5-6-7-8-10(2)9-11/h3-7,10H,1,8-9,11H2,2H3/b5-4-,7-6-. The Morgan fingerprint density at radius 3 is 2.64 bits per heavy atom. The first-order valence-electron chi connectivity index (χ1n) is 3.95. The van der Waals surface area contributed by atoms with Crippen LogP contribution in [-0.2, 0) is 0 Å². The van der Waals surface area contributed by atoms with Crippen LogP contribution in [0.4, 0.5) is 0 Å². The van der Waals surface area contributed by atoms with E-state index in [9.17, 15) is 0 Å². The van der Waals surface area contributed by atoms with Crippen LogP contribution in [-0.4, -0.2) is 6.16 Å². The highest BCUT2D eigenvalue weighted by molar-refractivity contribution is 7.16. The molecule has 0 spiro atoms. The summed E-state index contributed by atoms with van der Waals surface area (Å²) >= 11 is 0. The van der Waals surface area contributed by atoms with Crippen molar-refractivity contribution in [2.24, 2.45) is 5.92 Å². The fourth-order valence-corrected chi connectivity index (χ4v) is 0.821. The van der Waals surface area contributed by atoms with Crippen LogP contribution in [0, 0.1) is 5.92 Å². The van der Waals surface area contributed by atoms with Crippen LogP contribution in [0.25, 0.3) is 0 Å². The molecule has 11 heavy (non-hydrogen) atoms. The average Bonchev–Trinajstić information content (AvgIpc) is 2.04. The van der Waals surface area contributed by atoms with Crippen LogP contribution in [0.3, 0.4) is 0 Å². The smallest absolute Gasteiger partial charge is 0.0319 e. The topological polar surface area (TPSA) is 0 Å². The first kappa shape index (κ1) is 10.7. The van der Waals surface area contributed by atoms with E-state index in [0.717, 1.165) is 12.3 Å². The molecule has 2 atom stereocenters. The van der Waals surface area contributed by atoms with Crippen molar-refractivity contribution in [3.05, 3.63) is 37.0 Å². The highest BCUT2D eigenvalue weighted by Crippen LogP contribution is 2.05. The van der Waals surface area contributed by atoms with Gasteiger partial charge in [-0.05, 0) is 18.5 Å². The molecule has 62 valence electrons. The van der Waals surface area contributed by atoms with E-state index in [2.05, 4.69) is 34.9 Å². The molecule has 0 radical (unpaired) electrons. The zero-order chi connectivity index (χ0) is 8.53. The second kappa shape index (κ2) is 7.75. The molecule has 0 N–H and O–H groups in total. The Morgan fingerprint density at radius 2 is 2.09 bits per heavy atom. The maximum absolute atomic E-state index is 3.59. The van der Waals surface area contributed by atoms with Crippen molar-refractivity contribution in [1.82, 2.24) is 0 Å². The van der Waals surface area contributed by atoms with E-state index in [0.29, 0.717) is 0 Å². The summed E-state index contributed by atoms with van der Waals surface area (Å²) in [6, 6.07) is 0. The summed E-state index contributed by atoms with van der Waals surface area (Å²) in [5, 5.41) is 0. The number of hydrogen-bond acceptors (Lipinski definition) is 0. The van der Waals surface area contributed by atoms with Gasteiger partial charge in [0.15, 0.2) is 0 Å². The molecular weight excluding hydrogens is 151 g/mol. The van der Waals surface area contributed by atoms with Crippen LogP contribution < -0.4 is 0 Å². The molecule has 0 saturated heterocycles. The molecular formula is C10H17P. The molecule has 0 heterocycles. The minimum atomic E-state index is 0.772. The Morgan fingerprint density at radius 1 is 1.36 bits per heavy atom. The highest BCUT2D eigenvalue weighted by atomic mass is 31.0. The van der Waals surface area contributed by atoms with Gasteiger partial charge in [0.1, 0.15) is 0 Å². The fourth-order valence-electron chi connectivity index (χ4n) is 0.628. The van der Waals surface area contributed by atoms with Gasteiger partial charge in [0.05, 0.1) is 0 Å². The molecule has 0 aromatic carbocycles. The molecule has 0 fully saturated rings. The third-order valence-corrected chi connectivity index (χ3v) is 2.24. The summed E-state index contributed by atoms with van der Waals surface area (Å²) in [5.41, 5.74) is 0. The molecule has 0 amide bonds. The molecule has 0 aliphatic carbocycles. The van der Waals surface area contributed by atoms with Crippen molar-refractivity contribution in [2.45, 2.75) is 13.3 Å². The Labute approximate surface area is 72.3 Å². The Balaban J connectivity index is 3.43. The van der Waals surface area contributed by atoms with Gasteiger partial charge in [0.2, 0.25) is 0 Å². The fraction of sp³-hybridized carbons (Fsp3) is 0.400. The van der Waals surface area contributed by atoms with E-state index >= 15 is 0 Å². The Kier molecular flexibility index (Phi) is 7.51. The highest BCUT2D eigenvalue weighted by Gasteiger charge is 1.91. The van der Waals surface area contributed by atoms with Crippen molar-refractivity contribution in [3.8, 4) is 0 Å². The van der Waals surface area contributed by atoms with Gasteiger partial charge in [0, 0.05) is 0 Å². The average molecular weight is 168 g/mol. The lowest BCUT2D eigenvalue weighted by molar-refractivity contribution is 0.676. The van der Waals surface area contributed by atoms with E-state index in [1.807, 2.05) is 12.2 Å². The molecule has 0 aromatic heterocycles. The monoisotopic (exact) mass is 168 g/mol. The van der Waals surface area contributed by atoms with E-state index in [4.69, 9.17) is 0 Å². The van der Waals surface area contributed by atoms with Gasteiger partial charge in [0.25, 0.3) is 0 Å². The predicted octanol–water partition coefficient (Wildman–Crippen LogP) is 3.19. The second-order valence-electron chi connectivity index (χ2n) is 2.63. The van der Waals surface area contributed by atoms with E-state index in [-0.39, 0.29) is 0 Å². The SMILES string of the molecule is C=C/C=C\C=C/CC(C)CP. The number of rotatable bonds is 5. The summed E-state index contributed by atoms with van der Waals surface area (Å²) < 4.78 is 0. The first-order chi connectivity index (χ1) is 5.31. The molecule has 1 heteroatoms. The van der Waals surface area contributed by atoms with Gasteiger partial charge in [-0.2, -0.15) is 0 Å². The van der Waals surface area contributed by atoms with E-state index in [1.165, 1.54) is 6.16 Å². The summed E-state index contributed by atoms with van der Waals surface area (Å²) in [5.74, 6) is 0.772. The minimum Gasteiger partial charge on any atom is -0.137 e. The maximum Gasteiger partial charge on any atom is -0.0319 e.